The fourth-order valence-corrected chi connectivity index (χ4v) is 4.91. The Kier molecular flexibility index (Phi) is 6.28. The van der Waals surface area contributed by atoms with Crippen molar-refractivity contribution < 1.29 is 17.6 Å². The molecule has 1 aliphatic heterocycles. The van der Waals surface area contributed by atoms with Crippen molar-refractivity contribution in [2.45, 2.75) is 31.2 Å². The van der Waals surface area contributed by atoms with Gasteiger partial charge in [0.2, 0.25) is 21.8 Å². The van der Waals surface area contributed by atoms with Crippen LogP contribution in [-0.4, -0.2) is 51.9 Å². The zero-order chi connectivity index (χ0) is 22.7. The summed E-state index contributed by atoms with van der Waals surface area (Å²) in [5.41, 5.74) is 1.04. The molecule has 0 radical (unpaired) electrons. The predicted molar refractivity (Wildman–Crippen MR) is 115 cm³/mol. The van der Waals surface area contributed by atoms with E-state index in [2.05, 4.69) is 27.7 Å². The monoisotopic (exact) mass is 458 g/mol. The molecule has 2 heterocycles. The molecule has 0 aliphatic carbocycles. The summed E-state index contributed by atoms with van der Waals surface area (Å²) < 4.78 is 40.1. The Morgan fingerprint density at radius 2 is 1.75 bits per heavy atom. The molecule has 1 fully saturated rings. The summed E-state index contributed by atoms with van der Waals surface area (Å²) in [6.07, 6.45) is 1.71. The molecule has 1 aliphatic rings. The van der Waals surface area contributed by atoms with Gasteiger partial charge in [0.1, 0.15) is 12.4 Å². The number of halogens is 1. The van der Waals surface area contributed by atoms with Crippen LogP contribution in [0.4, 0.5) is 10.1 Å². The van der Waals surface area contributed by atoms with Gasteiger partial charge in [-0.3, -0.25) is 4.79 Å². The predicted octanol–water partition coefficient (Wildman–Crippen LogP) is 2.54. The highest BCUT2D eigenvalue weighted by atomic mass is 32.2. The normalized spacial score (nSPS) is 15.6. The average molecular weight is 459 g/mol. The minimum atomic E-state index is -3.54. The van der Waals surface area contributed by atoms with Gasteiger partial charge in [-0.15, -0.1) is 10.2 Å². The van der Waals surface area contributed by atoms with Crippen LogP contribution in [0.25, 0.3) is 11.4 Å². The minimum absolute atomic E-state index is 0.180. The van der Waals surface area contributed by atoms with Gasteiger partial charge in [0, 0.05) is 24.3 Å². The summed E-state index contributed by atoms with van der Waals surface area (Å²) in [5, 5.41) is 14.5. The molecule has 1 amide bonds. The van der Waals surface area contributed by atoms with Crippen LogP contribution in [-0.2, 0) is 21.4 Å². The van der Waals surface area contributed by atoms with Crippen LogP contribution in [0, 0.1) is 11.7 Å². The van der Waals surface area contributed by atoms with Crippen LogP contribution in [0.3, 0.4) is 0 Å². The van der Waals surface area contributed by atoms with Crippen molar-refractivity contribution in [2.75, 3.05) is 18.4 Å². The quantitative estimate of drug-likeness (QED) is 0.608. The van der Waals surface area contributed by atoms with Crippen LogP contribution in [0.1, 0.15) is 19.8 Å². The fraction of sp³-hybridized carbons (Fsp3) is 0.333. The van der Waals surface area contributed by atoms with E-state index in [0.717, 1.165) is 17.6 Å². The van der Waals surface area contributed by atoms with Gasteiger partial charge in [0.25, 0.3) is 0 Å². The van der Waals surface area contributed by atoms with Gasteiger partial charge in [0.05, 0.1) is 4.90 Å². The second-order valence-corrected chi connectivity index (χ2v) is 9.75. The van der Waals surface area contributed by atoms with Crippen LogP contribution in [0.2, 0.25) is 0 Å². The van der Waals surface area contributed by atoms with Crippen LogP contribution in [0.5, 0.6) is 0 Å². The van der Waals surface area contributed by atoms with E-state index in [9.17, 15) is 17.6 Å². The maximum Gasteiger partial charge on any atom is 0.248 e. The van der Waals surface area contributed by atoms with Gasteiger partial charge in [-0.25, -0.2) is 12.8 Å². The molecule has 9 nitrogen and oxygen atoms in total. The number of hydrogen-bond donors (Lipinski definition) is 1. The maximum absolute atomic E-state index is 13.0. The first-order valence-electron chi connectivity index (χ1n) is 10.2. The lowest BCUT2D eigenvalue weighted by atomic mass is 10.0. The molecule has 168 valence electrons. The number of amides is 1. The van der Waals surface area contributed by atoms with Gasteiger partial charge in [-0.05, 0) is 72.5 Å². The summed E-state index contributed by atoms with van der Waals surface area (Å²) in [7, 11) is -3.54. The summed E-state index contributed by atoms with van der Waals surface area (Å²) in [6, 6.07) is 11.7. The molecular formula is C21H23FN6O3S. The summed E-state index contributed by atoms with van der Waals surface area (Å²) in [6.45, 7) is 2.99. The van der Waals surface area contributed by atoms with Crippen molar-refractivity contribution in [3.05, 3.63) is 54.3 Å². The summed E-state index contributed by atoms with van der Waals surface area (Å²) >= 11 is 0. The fourth-order valence-electron chi connectivity index (χ4n) is 3.44. The largest absolute Gasteiger partial charge is 0.324 e. The third kappa shape index (κ3) is 5.00. The molecule has 0 atom stereocenters. The van der Waals surface area contributed by atoms with Crippen molar-refractivity contribution in [1.29, 1.82) is 0 Å². The zero-order valence-corrected chi connectivity index (χ0v) is 18.3. The smallest absolute Gasteiger partial charge is 0.248 e. The van der Waals surface area contributed by atoms with Gasteiger partial charge in [-0.2, -0.15) is 9.10 Å². The Balaban J connectivity index is 1.36. The third-order valence-corrected chi connectivity index (χ3v) is 7.27. The van der Waals surface area contributed by atoms with Crippen LogP contribution < -0.4 is 5.32 Å². The molecule has 2 aromatic carbocycles. The standard InChI is InChI=1S/C21H23FN6O3S/c1-15-10-12-27(13-11-15)32(30,31)19-8-6-18(7-9-19)23-20(29)14-28-25-21(24-26-28)16-2-4-17(22)5-3-16/h2-9,15H,10-14H2,1H3,(H,23,29). The molecule has 0 saturated carbocycles. The van der Waals surface area contributed by atoms with E-state index in [1.54, 1.807) is 12.1 Å². The van der Waals surface area contributed by atoms with E-state index in [1.165, 1.54) is 40.7 Å². The number of nitrogens with zero attached hydrogens (tertiary/aromatic N) is 5. The molecule has 3 aromatic rings. The highest BCUT2D eigenvalue weighted by molar-refractivity contribution is 7.89. The SMILES string of the molecule is CC1CCN(S(=O)(=O)c2ccc(NC(=O)Cn3nnc(-c4ccc(F)cc4)n3)cc2)CC1. The molecule has 0 spiro atoms. The number of piperidine rings is 1. The molecule has 32 heavy (non-hydrogen) atoms. The number of rotatable bonds is 6. The molecule has 0 unspecified atom stereocenters. The van der Waals surface area contributed by atoms with Crippen molar-refractivity contribution in [1.82, 2.24) is 24.5 Å². The molecule has 0 bridgehead atoms. The topological polar surface area (TPSA) is 110 Å². The number of carbonyl (C=O) groups excluding carboxylic acids is 1. The average Bonchev–Trinajstić information content (AvgIpc) is 3.23. The molecule has 11 heteroatoms. The minimum Gasteiger partial charge on any atom is -0.324 e. The number of hydrogen-bond acceptors (Lipinski definition) is 6. The van der Waals surface area contributed by atoms with Gasteiger partial charge in [-0.1, -0.05) is 6.92 Å². The molecule has 1 aromatic heterocycles. The van der Waals surface area contributed by atoms with Gasteiger partial charge >= 0.3 is 0 Å². The molecule has 4 rings (SSSR count). The first-order valence-corrected chi connectivity index (χ1v) is 11.7. The number of tetrazole rings is 1. The van der Waals surface area contributed by atoms with Crippen LogP contribution >= 0.6 is 0 Å². The molecule has 1 N–H and O–H groups in total. The van der Waals surface area contributed by atoms with Crippen molar-refractivity contribution in [3.63, 3.8) is 0 Å². The number of carbonyl (C=O) groups is 1. The third-order valence-electron chi connectivity index (χ3n) is 5.36. The lowest BCUT2D eigenvalue weighted by Crippen LogP contribution is -2.37. The number of anilines is 1. The van der Waals surface area contributed by atoms with E-state index < -0.39 is 15.9 Å². The number of sulfonamides is 1. The highest BCUT2D eigenvalue weighted by Gasteiger charge is 2.27. The lowest BCUT2D eigenvalue weighted by Gasteiger charge is -2.29. The second kappa shape index (κ2) is 9.13. The Morgan fingerprint density at radius 3 is 2.41 bits per heavy atom. The van der Waals surface area contributed by atoms with E-state index in [-0.39, 0.29) is 23.1 Å². The van der Waals surface area contributed by atoms with E-state index in [1.807, 2.05) is 0 Å². The van der Waals surface area contributed by atoms with E-state index in [4.69, 9.17) is 0 Å². The lowest BCUT2D eigenvalue weighted by molar-refractivity contribution is -0.117. The highest BCUT2D eigenvalue weighted by Crippen LogP contribution is 2.24. The van der Waals surface area contributed by atoms with E-state index >= 15 is 0 Å². The maximum atomic E-state index is 13.0. The first-order chi connectivity index (χ1) is 15.3. The van der Waals surface area contributed by atoms with Gasteiger partial charge in [0.15, 0.2) is 0 Å². The number of aromatic nitrogens is 4. The van der Waals surface area contributed by atoms with Crippen molar-refractivity contribution >= 4 is 21.6 Å². The van der Waals surface area contributed by atoms with Crippen molar-refractivity contribution in [3.8, 4) is 11.4 Å². The summed E-state index contributed by atoms with van der Waals surface area (Å²) in [5.74, 6) is 0.0447. The molecular weight excluding hydrogens is 435 g/mol. The zero-order valence-electron chi connectivity index (χ0n) is 17.5. The Bertz CT molecular complexity index is 1190. The Morgan fingerprint density at radius 1 is 1.09 bits per heavy atom. The van der Waals surface area contributed by atoms with Gasteiger partial charge < -0.3 is 5.32 Å². The number of nitrogens with one attached hydrogen (secondary N) is 1. The Labute approximate surface area is 185 Å². The number of benzene rings is 2. The second-order valence-electron chi connectivity index (χ2n) is 7.81. The first kappa shape index (κ1) is 22.0. The summed E-state index contributed by atoms with van der Waals surface area (Å²) in [4.78, 5) is 13.6. The Hall–Kier alpha value is -3.18. The molecule has 1 saturated heterocycles. The van der Waals surface area contributed by atoms with Crippen molar-refractivity contribution in [2.24, 2.45) is 5.92 Å². The van der Waals surface area contributed by atoms with E-state index in [0.29, 0.717) is 30.3 Å². The van der Waals surface area contributed by atoms with Crippen LogP contribution in [0.15, 0.2) is 53.4 Å².